The van der Waals surface area contributed by atoms with Crippen molar-refractivity contribution >= 4 is 0 Å². The van der Waals surface area contributed by atoms with Gasteiger partial charge in [0.2, 0.25) is 0 Å². The second-order valence-corrected chi connectivity index (χ2v) is 3.91. The predicted octanol–water partition coefficient (Wildman–Crippen LogP) is 1.47. The zero-order chi connectivity index (χ0) is 8.97. The number of nitrogens with one attached hydrogen (secondary N) is 1. The van der Waals surface area contributed by atoms with E-state index >= 15 is 0 Å². The first-order valence-corrected chi connectivity index (χ1v) is 5.17. The first kappa shape index (κ1) is 10.0. The maximum absolute atomic E-state index is 3.32. The molecule has 1 rings (SSSR count). The minimum absolute atomic E-state index is 0.614. The van der Waals surface area contributed by atoms with E-state index in [9.17, 15) is 0 Å². The molecule has 0 spiro atoms. The van der Waals surface area contributed by atoms with Gasteiger partial charge in [0.05, 0.1) is 0 Å². The second-order valence-electron chi connectivity index (χ2n) is 3.91. The Kier molecular flexibility index (Phi) is 4.02. The molecule has 2 heteroatoms. The SMILES string of the molecule is CNC(C)C(C)N1CCCCC1. The zero-order valence-corrected chi connectivity index (χ0v) is 8.64. The van der Waals surface area contributed by atoms with Crippen molar-refractivity contribution in [3.05, 3.63) is 0 Å². The van der Waals surface area contributed by atoms with E-state index in [4.69, 9.17) is 0 Å². The van der Waals surface area contributed by atoms with Crippen molar-refractivity contribution in [2.75, 3.05) is 20.1 Å². The molecule has 2 nitrogen and oxygen atoms in total. The lowest BCUT2D eigenvalue weighted by atomic mass is 10.1. The van der Waals surface area contributed by atoms with Gasteiger partial charge in [0.15, 0.2) is 0 Å². The molecule has 0 saturated carbocycles. The van der Waals surface area contributed by atoms with E-state index in [0.717, 1.165) is 0 Å². The smallest absolute Gasteiger partial charge is 0.0218 e. The monoisotopic (exact) mass is 170 g/mol. The van der Waals surface area contributed by atoms with Crippen molar-refractivity contribution in [1.82, 2.24) is 10.2 Å². The molecule has 0 bridgehead atoms. The van der Waals surface area contributed by atoms with Gasteiger partial charge in [-0.25, -0.2) is 0 Å². The molecule has 1 fully saturated rings. The molecule has 12 heavy (non-hydrogen) atoms. The van der Waals surface area contributed by atoms with Crippen LogP contribution in [0.4, 0.5) is 0 Å². The molecule has 72 valence electrons. The van der Waals surface area contributed by atoms with Crippen LogP contribution in [0.5, 0.6) is 0 Å². The molecule has 0 aromatic heterocycles. The molecule has 0 radical (unpaired) electrons. The minimum Gasteiger partial charge on any atom is -0.316 e. The molecule has 0 amide bonds. The summed E-state index contributed by atoms with van der Waals surface area (Å²) in [6.07, 6.45) is 4.21. The number of likely N-dealkylation sites (tertiary alicyclic amines) is 1. The molecule has 0 aromatic carbocycles. The third kappa shape index (κ3) is 2.46. The lowest BCUT2D eigenvalue weighted by Gasteiger charge is -2.35. The van der Waals surface area contributed by atoms with Crippen molar-refractivity contribution in [2.45, 2.75) is 45.2 Å². The van der Waals surface area contributed by atoms with E-state index in [1.165, 1.54) is 32.4 Å². The van der Waals surface area contributed by atoms with Crippen LogP contribution < -0.4 is 5.32 Å². The van der Waals surface area contributed by atoms with Gasteiger partial charge in [-0.3, -0.25) is 4.90 Å². The summed E-state index contributed by atoms with van der Waals surface area (Å²) in [4.78, 5) is 2.60. The van der Waals surface area contributed by atoms with Crippen molar-refractivity contribution in [1.29, 1.82) is 0 Å². The van der Waals surface area contributed by atoms with Crippen molar-refractivity contribution in [3.8, 4) is 0 Å². The highest BCUT2D eigenvalue weighted by atomic mass is 15.2. The van der Waals surface area contributed by atoms with Gasteiger partial charge in [-0.05, 0) is 46.8 Å². The van der Waals surface area contributed by atoms with E-state index in [0.29, 0.717) is 12.1 Å². The Hall–Kier alpha value is -0.0800. The molecule has 1 N–H and O–H groups in total. The van der Waals surface area contributed by atoms with Crippen LogP contribution in [0.15, 0.2) is 0 Å². The Bertz CT molecular complexity index is 119. The first-order chi connectivity index (χ1) is 5.75. The zero-order valence-electron chi connectivity index (χ0n) is 8.64. The first-order valence-electron chi connectivity index (χ1n) is 5.17. The van der Waals surface area contributed by atoms with Crippen LogP contribution in [0.2, 0.25) is 0 Å². The highest BCUT2D eigenvalue weighted by Crippen LogP contribution is 2.13. The fourth-order valence-electron chi connectivity index (χ4n) is 1.88. The second kappa shape index (κ2) is 4.83. The summed E-state index contributed by atoms with van der Waals surface area (Å²) in [5.74, 6) is 0. The number of hydrogen-bond donors (Lipinski definition) is 1. The molecule has 1 heterocycles. The van der Waals surface area contributed by atoms with Gasteiger partial charge in [0.25, 0.3) is 0 Å². The Balaban J connectivity index is 2.33. The molecule has 1 aliphatic heterocycles. The Morgan fingerprint density at radius 2 is 1.67 bits per heavy atom. The van der Waals surface area contributed by atoms with E-state index in [2.05, 4.69) is 24.1 Å². The quantitative estimate of drug-likeness (QED) is 0.690. The molecule has 1 aliphatic rings. The van der Waals surface area contributed by atoms with Crippen LogP contribution in [0, 0.1) is 0 Å². The summed E-state index contributed by atoms with van der Waals surface area (Å²) < 4.78 is 0. The average molecular weight is 170 g/mol. The van der Waals surface area contributed by atoms with E-state index in [-0.39, 0.29) is 0 Å². The number of piperidine rings is 1. The summed E-state index contributed by atoms with van der Waals surface area (Å²) in [7, 11) is 2.05. The molecular weight excluding hydrogens is 148 g/mol. The molecule has 1 saturated heterocycles. The van der Waals surface area contributed by atoms with Gasteiger partial charge >= 0.3 is 0 Å². The fourth-order valence-corrected chi connectivity index (χ4v) is 1.88. The summed E-state index contributed by atoms with van der Waals surface area (Å²) in [6.45, 7) is 7.19. The molecule has 2 unspecified atom stereocenters. The van der Waals surface area contributed by atoms with Gasteiger partial charge in [-0.2, -0.15) is 0 Å². The van der Waals surface area contributed by atoms with Gasteiger partial charge in [0.1, 0.15) is 0 Å². The predicted molar refractivity (Wildman–Crippen MR) is 53.4 cm³/mol. The third-order valence-electron chi connectivity index (χ3n) is 3.15. The van der Waals surface area contributed by atoms with Crippen LogP contribution >= 0.6 is 0 Å². The summed E-state index contributed by atoms with van der Waals surface area (Å²) in [5, 5.41) is 3.32. The molecule has 0 aliphatic carbocycles. The third-order valence-corrected chi connectivity index (χ3v) is 3.15. The minimum atomic E-state index is 0.614. The normalized spacial score (nSPS) is 25.2. The summed E-state index contributed by atoms with van der Waals surface area (Å²) >= 11 is 0. The molecular formula is C10H22N2. The molecule has 0 aromatic rings. The fraction of sp³-hybridized carbons (Fsp3) is 1.00. The van der Waals surface area contributed by atoms with Gasteiger partial charge in [0, 0.05) is 12.1 Å². The van der Waals surface area contributed by atoms with Crippen LogP contribution in [0.3, 0.4) is 0 Å². The van der Waals surface area contributed by atoms with Crippen LogP contribution in [0.25, 0.3) is 0 Å². The summed E-state index contributed by atoms with van der Waals surface area (Å²) in [6, 6.07) is 1.30. The van der Waals surface area contributed by atoms with Crippen LogP contribution in [-0.2, 0) is 0 Å². The Labute approximate surface area is 76.3 Å². The van der Waals surface area contributed by atoms with Crippen molar-refractivity contribution in [3.63, 3.8) is 0 Å². The standard InChI is InChI=1S/C10H22N2/c1-9(11-3)10(2)12-7-5-4-6-8-12/h9-11H,4-8H2,1-3H3. The van der Waals surface area contributed by atoms with Crippen LogP contribution in [-0.4, -0.2) is 37.1 Å². The van der Waals surface area contributed by atoms with E-state index in [1.54, 1.807) is 0 Å². The molecule has 2 atom stereocenters. The average Bonchev–Trinajstić information content (AvgIpc) is 2.17. The van der Waals surface area contributed by atoms with Crippen molar-refractivity contribution in [2.24, 2.45) is 0 Å². The topological polar surface area (TPSA) is 15.3 Å². The Morgan fingerprint density at radius 1 is 1.08 bits per heavy atom. The highest BCUT2D eigenvalue weighted by molar-refractivity contribution is 4.78. The van der Waals surface area contributed by atoms with Gasteiger partial charge in [-0.15, -0.1) is 0 Å². The maximum atomic E-state index is 3.32. The largest absolute Gasteiger partial charge is 0.316 e. The van der Waals surface area contributed by atoms with E-state index in [1.807, 2.05) is 7.05 Å². The van der Waals surface area contributed by atoms with Gasteiger partial charge in [-0.1, -0.05) is 6.42 Å². The Morgan fingerprint density at radius 3 is 2.17 bits per heavy atom. The number of nitrogens with zero attached hydrogens (tertiary/aromatic N) is 1. The van der Waals surface area contributed by atoms with Crippen LogP contribution in [0.1, 0.15) is 33.1 Å². The summed E-state index contributed by atoms with van der Waals surface area (Å²) in [5.41, 5.74) is 0. The van der Waals surface area contributed by atoms with E-state index < -0.39 is 0 Å². The number of likely N-dealkylation sites (N-methyl/N-ethyl adjacent to an activating group) is 1. The number of hydrogen-bond acceptors (Lipinski definition) is 2. The van der Waals surface area contributed by atoms with Crippen molar-refractivity contribution < 1.29 is 0 Å². The maximum Gasteiger partial charge on any atom is 0.0218 e. The van der Waals surface area contributed by atoms with Gasteiger partial charge < -0.3 is 5.32 Å². The lowest BCUT2D eigenvalue weighted by Crippen LogP contribution is -2.47. The lowest BCUT2D eigenvalue weighted by molar-refractivity contribution is 0.149. The highest BCUT2D eigenvalue weighted by Gasteiger charge is 2.20. The number of rotatable bonds is 3.